The molecular weight excluding hydrogens is 412 g/mol. The standard InChI is InChI=1S/C19H26N4O4S2/c1-5-23(6-2)29(25,26)17-11-13(7-8-15(17)27-4)18(24)21-19-20-14-9-10-22(3)12-16(14)28-19/h7-8,11H,5-6,9-10,12H2,1-4H3,(H,20,21,24). The Morgan fingerprint density at radius 1 is 1.34 bits per heavy atom. The first-order chi connectivity index (χ1) is 13.8. The van der Waals surface area contributed by atoms with Crippen LogP contribution in [0.3, 0.4) is 0 Å². The van der Waals surface area contributed by atoms with Gasteiger partial charge in [-0.3, -0.25) is 10.1 Å². The summed E-state index contributed by atoms with van der Waals surface area (Å²) in [7, 11) is -0.310. The van der Waals surface area contributed by atoms with Gasteiger partial charge in [-0.15, -0.1) is 11.3 Å². The number of fused-ring (bicyclic) bond motifs is 1. The van der Waals surface area contributed by atoms with Gasteiger partial charge in [0.05, 0.1) is 12.8 Å². The van der Waals surface area contributed by atoms with E-state index in [0.717, 1.165) is 30.1 Å². The summed E-state index contributed by atoms with van der Waals surface area (Å²) in [5.74, 6) is -0.190. The second-order valence-electron chi connectivity index (χ2n) is 6.79. The Hall–Kier alpha value is -2.01. The zero-order chi connectivity index (χ0) is 21.2. The smallest absolute Gasteiger partial charge is 0.257 e. The fourth-order valence-corrected chi connectivity index (χ4v) is 5.99. The number of thiazole rings is 1. The topological polar surface area (TPSA) is 91.8 Å². The molecule has 1 N–H and O–H groups in total. The summed E-state index contributed by atoms with van der Waals surface area (Å²) in [6.07, 6.45) is 0.854. The molecule has 2 heterocycles. The summed E-state index contributed by atoms with van der Waals surface area (Å²) in [5, 5.41) is 3.33. The summed E-state index contributed by atoms with van der Waals surface area (Å²) < 4.78 is 32.5. The predicted molar refractivity (Wildman–Crippen MR) is 113 cm³/mol. The van der Waals surface area contributed by atoms with Gasteiger partial charge in [-0.1, -0.05) is 13.8 Å². The van der Waals surface area contributed by atoms with Crippen LogP contribution in [0.1, 0.15) is 34.8 Å². The summed E-state index contributed by atoms with van der Waals surface area (Å²) >= 11 is 1.46. The molecular formula is C19H26N4O4S2. The number of amides is 1. The Balaban J connectivity index is 1.88. The van der Waals surface area contributed by atoms with Crippen LogP contribution < -0.4 is 10.1 Å². The van der Waals surface area contributed by atoms with Crippen molar-refractivity contribution in [3.05, 3.63) is 34.3 Å². The number of aromatic nitrogens is 1. The number of hydrogen-bond acceptors (Lipinski definition) is 7. The van der Waals surface area contributed by atoms with Crippen molar-refractivity contribution in [3.8, 4) is 5.75 Å². The van der Waals surface area contributed by atoms with E-state index in [0.29, 0.717) is 18.2 Å². The van der Waals surface area contributed by atoms with Crippen LogP contribution in [0.4, 0.5) is 5.13 Å². The molecule has 3 rings (SSSR count). The lowest BCUT2D eigenvalue weighted by atomic mass is 10.2. The first kappa shape index (κ1) is 21.7. The van der Waals surface area contributed by atoms with Crippen LogP contribution in [0.25, 0.3) is 0 Å². The van der Waals surface area contributed by atoms with E-state index < -0.39 is 15.9 Å². The number of anilines is 1. The van der Waals surface area contributed by atoms with E-state index in [-0.39, 0.29) is 16.2 Å². The highest BCUT2D eigenvalue weighted by molar-refractivity contribution is 7.89. The largest absolute Gasteiger partial charge is 0.495 e. The molecule has 0 aliphatic carbocycles. The van der Waals surface area contributed by atoms with Gasteiger partial charge < -0.3 is 9.64 Å². The number of sulfonamides is 1. The predicted octanol–water partition coefficient (Wildman–Crippen LogP) is 2.42. The molecule has 29 heavy (non-hydrogen) atoms. The molecule has 8 nitrogen and oxygen atoms in total. The number of rotatable bonds is 7. The minimum atomic E-state index is -3.77. The van der Waals surface area contributed by atoms with Gasteiger partial charge >= 0.3 is 0 Å². The van der Waals surface area contributed by atoms with Crippen LogP contribution in [0.2, 0.25) is 0 Å². The van der Waals surface area contributed by atoms with E-state index >= 15 is 0 Å². The molecule has 1 aromatic heterocycles. The molecule has 10 heteroatoms. The molecule has 0 radical (unpaired) electrons. The van der Waals surface area contributed by atoms with Gasteiger partial charge in [0.25, 0.3) is 5.91 Å². The van der Waals surface area contributed by atoms with Crippen LogP contribution in [0.15, 0.2) is 23.1 Å². The second kappa shape index (κ2) is 8.78. The number of nitrogens with zero attached hydrogens (tertiary/aromatic N) is 3. The van der Waals surface area contributed by atoms with E-state index in [9.17, 15) is 13.2 Å². The second-order valence-corrected chi connectivity index (χ2v) is 9.78. The van der Waals surface area contributed by atoms with Crippen LogP contribution in [0, 0.1) is 0 Å². The van der Waals surface area contributed by atoms with Crippen molar-refractivity contribution in [2.24, 2.45) is 0 Å². The van der Waals surface area contributed by atoms with Crippen molar-refractivity contribution >= 4 is 32.4 Å². The van der Waals surface area contributed by atoms with E-state index in [4.69, 9.17) is 4.74 Å². The molecule has 0 saturated heterocycles. The lowest BCUT2D eigenvalue weighted by Gasteiger charge is -2.20. The van der Waals surface area contributed by atoms with E-state index in [1.165, 1.54) is 34.9 Å². The third-order valence-electron chi connectivity index (χ3n) is 4.89. The number of carbonyl (C=O) groups is 1. The lowest BCUT2D eigenvalue weighted by Crippen LogP contribution is -2.31. The van der Waals surface area contributed by atoms with Crippen molar-refractivity contribution in [2.45, 2.75) is 31.7 Å². The van der Waals surface area contributed by atoms with Gasteiger partial charge in [0.2, 0.25) is 10.0 Å². The maximum absolute atomic E-state index is 13.0. The number of methoxy groups -OCH3 is 1. The van der Waals surface area contributed by atoms with Crippen molar-refractivity contribution < 1.29 is 17.9 Å². The molecule has 1 aliphatic rings. The molecule has 0 spiro atoms. The van der Waals surface area contributed by atoms with Crippen LogP contribution >= 0.6 is 11.3 Å². The average Bonchev–Trinajstić information content (AvgIpc) is 3.09. The molecule has 1 aromatic carbocycles. The number of carbonyl (C=O) groups excluding carboxylic acids is 1. The fourth-order valence-electron chi connectivity index (χ4n) is 3.27. The normalized spacial score (nSPS) is 14.7. The molecule has 0 fully saturated rings. The van der Waals surface area contributed by atoms with Crippen molar-refractivity contribution in [3.63, 3.8) is 0 Å². The van der Waals surface area contributed by atoms with Gasteiger partial charge in [-0.2, -0.15) is 4.31 Å². The Morgan fingerprint density at radius 2 is 2.07 bits per heavy atom. The number of nitrogens with one attached hydrogen (secondary N) is 1. The minimum Gasteiger partial charge on any atom is -0.495 e. The summed E-state index contributed by atoms with van der Waals surface area (Å²) in [4.78, 5) is 20.6. The maximum Gasteiger partial charge on any atom is 0.257 e. The highest BCUT2D eigenvalue weighted by atomic mass is 32.2. The minimum absolute atomic E-state index is 0.0172. The molecule has 1 aliphatic heterocycles. The Morgan fingerprint density at radius 3 is 2.72 bits per heavy atom. The van der Waals surface area contributed by atoms with Crippen LogP contribution in [-0.2, 0) is 23.0 Å². The van der Waals surface area contributed by atoms with Crippen LogP contribution in [0.5, 0.6) is 5.75 Å². The third-order valence-corrected chi connectivity index (χ3v) is 7.96. The quantitative estimate of drug-likeness (QED) is 0.714. The third kappa shape index (κ3) is 4.45. The molecule has 0 bridgehead atoms. The van der Waals surface area contributed by atoms with Gasteiger partial charge in [0.1, 0.15) is 10.6 Å². The molecule has 158 valence electrons. The van der Waals surface area contributed by atoms with Gasteiger partial charge in [-0.05, 0) is 25.2 Å². The highest BCUT2D eigenvalue weighted by Gasteiger charge is 2.27. The van der Waals surface area contributed by atoms with E-state index in [1.807, 2.05) is 0 Å². The zero-order valence-electron chi connectivity index (χ0n) is 17.1. The SMILES string of the molecule is CCN(CC)S(=O)(=O)c1cc(C(=O)Nc2nc3c(s2)CN(C)CC3)ccc1OC. The molecule has 0 unspecified atom stereocenters. The summed E-state index contributed by atoms with van der Waals surface area (Å²) in [6.45, 7) is 5.96. The van der Waals surface area contributed by atoms with Crippen molar-refractivity contribution in [2.75, 3.05) is 39.1 Å². The first-order valence-electron chi connectivity index (χ1n) is 9.46. The molecule has 0 saturated carbocycles. The Labute approximate surface area is 175 Å². The number of hydrogen-bond donors (Lipinski definition) is 1. The number of benzene rings is 1. The van der Waals surface area contributed by atoms with Crippen molar-refractivity contribution in [1.29, 1.82) is 0 Å². The zero-order valence-corrected chi connectivity index (χ0v) is 18.7. The fraction of sp³-hybridized carbons (Fsp3) is 0.474. The highest BCUT2D eigenvalue weighted by Crippen LogP contribution is 2.30. The molecule has 0 atom stereocenters. The maximum atomic E-state index is 13.0. The first-order valence-corrected chi connectivity index (χ1v) is 11.7. The van der Waals surface area contributed by atoms with Gasteiger partial charge in [0, 0.05) is 43.0 Å². The van der Waals surface area contributed by atoms with Gasteiger partial charge in [0.15, 0.2) is 5.13 Å². The monoisotopic (exact) mass is 438 g/mol. The lowest BCUT2D eigenvalue weighted by molar-refractivity contribution is 0.102. The van der Waals surface area contributed by atoms with Gasteiger partial charge in [-0.25, -0.2) is 13.4 Å². The van der Waals surface area contributed by atoms with Crippen molar-refractivity contribution in [1.82, 2.24) is 14.2 Å². The number of likely N-dealkylation sites (N-methyl/N-ethyl adjacent to an activating group) is 1. The van der Waals surface area contributed by atoms with E-state index in [2.05, 4.69) is 22.2 Å². The van der Waals surface area contributed by atoms with Crippen LogP contribution in [-0.4, -0.2) is 62.3 Å². The summed E-state index contributed by atoms with van der Waals surface area (Å²) in [5.41, 5.74) is 1.25. The average molecular weight is 439 g/mol. The van der Waals surface area contributed by atoms with E-state index in [1.54, 1.807) is 19.9 Å². The number of ether oxygens (including phenoxy) is 1. The molecule has 2 aromatic rings. The Kier molecular flexibility index (Phi) is 6.57. The summed E-state index contributed by atoms with van der Waals surface area (Å²) in [6, 6.07) is 4.42. The molecule has 1 amide bonds. The Bertz CT molecular complexity index is 1000.